The molecule has 2 N–H and O–H groups in total. The molecule has 0 amide bonds. The largest absolute Gasteiger partial charge is 0.494 e. The highest BCUT2D eigenvalue weighted by atomic mass is 16.5. The second-order valence-electron chi connectivity index (χ2n) is 4.27. The number of nitrogens with zero attached hydrogens (tertiary/aromatic N) is 1. The Kier molecular flexibility index (Phi) is 4.02. The molecule has 4 nitrogen and oxygen atoms in total. The lowest BCUT2D eigenvalue weighted by molar-refractivity contribution is 0.340. The topological polar surface area (TPSA) is 57.2 Å². The van der Waals surface area contributed by atoms with Crippen LogP contribution < -0.4 is 16.0 Å². The molecular weight excluding hydrogens is 240 g/mol. The molecule has 0 unspecified atom stereocenters. The van der Waals surface area contributed by atoms with Gasteiger partial charge in [0.15, 0.2) is 0 Å². The molecule has 0 atom stereocenters. The maximum atomic E-state index is 12.0. The zero-order valence-electron chi connectivity index (χ0n) is 11.2. The van der Waals surface area contributed by atoms with Gasteiger partial charge < -0.3 is 15.0 Å². The maximum Gasteiger partial charge on any atom is 0.255 e. The quantitative estimate of drug-likeness (QED) is 0.911. The molecule has 2 aromatic rings. The highest BCUT2D eigenvalue weighted by Gasteiger charge is 2.06. The van der Waals surface area contributed by atoms with Crippen molar-refractivity contribution in [3.8, 4) is 17.0 Å². The highest BCUT2D eigenvalue weighted by molar-refractivity contribution is 5.60. The van der Waals surface area contributed by atoms with E-state index < -0.39 is 0 Å². The molecule has 0 aliphatic heterocycles. The molecule has 100 valence electrons. The Morgan fingerprint density at radius 2 is 1.84 bits per heavy atom. The average Bonchev–Trinajstić information content (AvgIpc) is 2.43. The van der Waals surface area contributed by atoms with Crippen molar-refractivity contribution in [3.05, 3.63) is 52.3 Å². The number of benzene rings is 1. The van der Waals surface area contributed by atoms with Gasteiger partial charge in [0.25, 0.3) is 5.56 Å². The normalized spacial score (nSPS) is 10.5. The molecule has 19 heavy (non-hydrogen) atoms. The van der Waals surface area contributed by atoms with E-state index in [0.717, 1.165) is 17.0 Å². The van der Waals surface area contributed by atoms with Gasteiger partial charge in [-0.1, -0.05) is 6.07 Å². The lowest BCUT2D eigenvalue weighted by atomic mass is 10.1. The molecule has 0 bridgehead atoms. The third-order valence-electron chi connectivity index (χ3n) is 3.06. The van der Waals surface area contributed by atoms with Gasteiger partial charge in [0.2, 0.25) is 0 Å². The summed E-state index contributed by atoms with van der Waals surface area (Å²) >= 11 is 0. The summed E-state index contributed by atoms with van der Waals surface area (Å²) in [5, 5.41) is 0. The lowest BCUT2D eigenvalue weighted by Gasteiger charge is -2.10. The summed E-state index contributed by atoms with van der Waals surface area (Å²) in [7, 11) is 1.76. The third kappa shape index (κ3) is 2.69. The van der Waals surface area contributed by atoms with E-state index in [4.69, 9.17) is 10.5 Å². The zero-order chi connectivity index (χ0) is 13.8. The fraction of sp³-hybridized carbons (Fsp3) is 0.267. The van der Waals surface area contributed by atoms with E-state index >= 15 is 0 Å². The predicted octanol–water partition coefficient (Wildman–Crippen LogP) is 1.91. The lowest BCUT2D eigenvalue weighted by Crippen LogP contribution is -2.23. The highest BCUT2D eigenvalue weighted by Crippen LogP contribution is 2.21. The first-order chi connectivity index (χ1) is 9.17. The Morgan fingerprint density at radius 3 is 2.42 bits per heavy atom. The van der Waals surface area contributed by atoms with Crippen molar-refractivity contribution < 1.29 is 4.74 Å². The van der Waals surface area contributed by atoms with Crippen molar-refractivity contribution in [2.45, 2.75) is 13.5 Å². The van der Waals surface area contributed by atoms with Crippen LogP contribution in [0.15, 0.2) is 41.2 Å². The first kappa shape index (κ1) is 13.4. The van der Waals surface area contributed by atoms with Crippen LogP contribution >= 0.6 is 0 Å². The number of rotatable bonds is 4. The van der Waals surface area contributed by atoms with Crippen molar-refractivity contribution >= 4 is 0 Å². The third-order valence-corrected chi connectivity index (χ3v) is 3.06. The van der Waals surface area contributed by atoms with Crippen LogP contribution in [0.3, 0.4) is 0 Å². The first-order valence-electron chi connectivity index (χ1n) is 6.29. The fourth-order valence-electron chi connectivity index (χ4n) is 2.02. The first-order valence-corrected chi connectivity index (χ1v) is 6.29. The Labute approximate surface area is 112 Å². The number of hydrogen-bond donors (Lipinski definition) is 1. The van der Waals surface area contributed by atoms with Crippen molar-refractivity contribution in [3.63, 3.8) is 0 Å². The summed E-state index contributed by atoms with van der Waals surface area (Å²) in [5.74, 6) is 0.829. The van der Waals surface area contributed by atoms with Gasteiger partial charge in [-0.3, -0.25) is 4.79 Å². The standard InChI is InChI=1S/C15H18N2O2/c1-3-19-13-7-4-11(5-8-13)14-9-6-12(10-16)15(18)17(14)2/h4-9H,3,10,16H2,1-2H3. The number of pyridine rings is 1. The van der Waals surface area contributed by atoms with E-state index in [-0.39, 0.29) is 12.1 Å². The molecule has 1 aromatic heterocycles. The summed E-state index contributed by atoms with van der Waals surface area (Å²) in [6.45, 7) is 2.85. The molecule has 0 saturated carbocycles. The van der Waals surface area contributed by atoms with Crippen LogP contribution in [0.4, 0.5) is 0 Å². The van der Waals surface area contributed by atoms with E-state index in [0.29, 0.717) is 12.2 Å². The Balaban J connectivity index is 2.42. The minimum absolute atomic E-state index is 0.0473. The van der Waals surface area contributed by atoms with Crippen molar-refractivity contribution in [1.29, 1.82) is 0 Å². The summed E-state index contributed by atoms with van der Waals surface area (Å²) < 4.78 is 7.03. The molecule has 0 fully saturated rings. The number of ether oxygens (including phenoxy) is 1. The average molecular weight is 258 g/mol. The summed E-state index contributed by atoms with van der Waals surface area (Å²) in [4.78, 5) is 12.0. The Bertz CT molecular complexity index is 615. The van der Waals surface area contributed by atoms with Crippen LogP contribution in [-0.4, -0.2) is 11.2 Å². The Morgan fingerprint density at radius 1 is 1.16 bits per heavy atom. The van der Waals surface area contributed by atoms with Gasteiger partial charge in [-0.15, -0.1) is 0 Å². The summed E-state index contributed by atoms with van der Waals surface area (Å²) in [6.07, 6.45) is 0. The Hall–Kier alpha value is -2.07. The van der Waals surface area contributed by atoms with Crippen LogP contribution in [-0.2, 0) is 13.6 Å². The smallest absolute Gasteiger partial charge is 0.255 e. The van der Waals surface area contributed by atoms with Crippen LogP contribution in [0.25, 0.3) is 11.3 Å². The number of nitrogens with two attached hydrogens (primary N) is 1. The molecule has 0 saturated heterocycles. The van der Waals surface area contributed by atoms with Gasteiger partial charge in [-0.05, 0) is 42.8 Å². The van der Waals surface area contributed by atoms with E-state index in [1.807, 2.05) is 37.3 Å². The fourth-order valence-corrected chi connectivity index (χ4v) is 2.02. The maximum absolute atomic E-state index is 12.0. The van der Waals surface area contributed by atoms with Crippen LogP contribution in [0.1, 0.15) is 12.5 Å². The van der Waals surface area contributed by atoms with Gasteiger partial charge in [0, 0.05) is 19.2 Å². The van der Waals surface area contributed by atoms with Gasteiger partial charge in [-0.2, -0.15) is 0 Å². The van der Waals surface area contributed by atoms with Gasteiger partial charge in [0.05, 0.1) is 12.3 Å². The van der Waals surface area contributed by atoms with Gasteiger partial charge >= 0.3 is 0 Å². The molecule has 0 radical (unpaired) electrons. The van der Waals surface area contributed by atoms with Crippen molar-refractivity contribution in [2.24, 2.45) is 12.8 Å². The van der Waals surface area contributed by atoms with Crippen molar-refractivity contribution in [2.75, 3.05) is 6.61 Å². The summed E-state index contributed by atoms with van der Waals surface area (Å²) in [5.41, 5.74) is 7.95. The number of aromatic nitrogens is 1. The van der Waals surface area contributed by atoms with Crippen LogP contribution in [0.2, 0.25) is 0 Å². The minimum Gasteiger partial charge on any atom is -0.494 e. The second kappa shape index (κ2) is 5.71. The molecule has 1 aromatic carbocycles. The molecule has 1 heterocycles. The van der Waals surface area contributed by atoms with E-state index in [1.165, 1.54) is 0 Å². The molecule has 2 rings (SSSR count). The number of hydrogen-bond acceptors (Lipinski definition) is 3. The molecule has 0 spiro atoms. The minimum atomic E-state index is -0.0473. The molecule has 4 heteroatoms. The zero-order valence-corrected chi connectivity index (χ0v) is 11.2. The van der Waals surface area contributed by atoms with E-state index in [9.17, 15) is 4.79 Å². The van der Waals surface area contributed by atoms with Gasteiger partial charge in [0.1, 0.15) is 5.75 Å². The predicted molar refractivity (Wildman–Crippen MR) is 76.2 cm³/mol. The van der Waals surface area contributed by atoms with Crippen LogP contribution in [0.5, 0.6) is 5.75 Å². The monoisotopic (exact) mass is 258 g/mol. The second-order valence-corrected chi connectivity index (χ2v) is 4.27. The summed E-state index contributed by atoms with van der Waals surface area (Å²) in [6, 6.07) is 11.4. The van der Waals surface area contributed by atoms with Gasteiger partial charge in [-0.25, -0.2) is 0 Å². The van der Waals surface area contributed by atoms with E-state index in [2.05, 4.69) is 0 Å². The molecule has 0 aliphatic rings. The van der Waals surface area contributed by atoms with Crippen LogP contribution in [0, 0.1) is 0 Å². The molecule has 0 aliphatic carbocycles. The van der Waals surface area contributed by atoms with E-state index in [1.54, 1.807) is 17.7 Å². The molecular formula is C15H18N2O2. The van der Waals surface area contributed by atoms with Crippen molar-refractivity contribution in [1.82, 2.24) is 4.57 Å². The SMILES string of the molecule is CCOc1ccc(-c2ccc(CN)c(=O)n2C)cc1.